The highest BCUT2D eigenvalue weighted by Gasteiger charge is 2.34. The number of ether oxygens (including phenoxy) is 1. The van der Waals surface area contributed by atoms with Crippen LogP contribution < -0.4 is 4.90 Å². The molecule has 1 aliphatic rings. The number of hydrogen-bond donors (Lipinski definition) is 0. The molecule has 104 valence electrons. The lowest BCUT2D eigenvalue weighted by Crippen LogP contribution is -2.23. The average Bonchev–Trinajstić information content (AvgIpc) is 3.11. The van der Waals surface area contributed by atoms with E-state index in [9.17, 15) is 14.9 Å². The van der Waals surface area contributed by atoms with E-state index in [-0.39, 0.29) is 12.6 Å². The number of anilines is 1. The van der Waals surface area contributed by atoms with Crippen LogP contribution in [0, 0.1) is 10.1 Å². The summed E-state index contributed by atoms with van der Waals surface area (Å²) in [7, 11) is 4.68. The molecule has 1 saturated heterocycles. The minimum absolute atomic E-state index is 0.0415. The first-order valence-corrected chi connectivity index (χ1v) is 5.70. The predicted molar refractivity (Wildman–Crippen MR) is 65.9 cm³/mol. The highest BCUT2D eigenvalue weighted by molar-refractivity contribution is 5.67. The molecule has 9 nitrogen and oxygen atoms in total. The van der Waals surface area contributed by atoms with Crippen molar-refractivity contribution in [2.45, 2.75) is 6.61 Å². The molecule has 1 aromatic rings. The molecule has 0 aliphatic carbocycles. The molecule has 2 rings (SSSR count). The van der Waals surface area contributed by atoms with E-state index in [0.717, 1.165) is 13.1 Å². The third-order valence-electron chi connectivity index (χ3n) is 2.78. The summed E-state index contributed by atoms with van der Waals surface area (Å²) in [6, 6.07) is 0. The van der Waals surface area contributed by atoms with Crippen molar-refractivity contribution in [3.05, 3.63) is 15.8 Å². The van der Waals surface area contributed by atoms with Gasteiger partial charge in [0.15, 0.2) is 12.3 Å². The van der Waals surface area contributed by atoms with Crippen molar-refractivity contribution in [2.75, 3.05) is 32.1 Å². The second-order valence-corrected chi connectivity index (χ2v) is 4.43. The van der Waals surface area contributed by atoms with Crippen LogP contribution in [-0.2, 0) is 18.4 Å². The lowest BCUT2D eigenvalue weighted by molar-refractivity contribution is -0.396. The quantitative estimate of drug-likeness (QED) is 0.444. The van der Waals surface area contributed by atoms with Crippen LogP contribution in [0.2, 0.25) is 0 Å². The number of aromatic nitrogens is 2. The smallest absolute Gasteiger partial charge is 0.436 e. The summed E-state index contributed by atoms with van der Waals surface area (Å²) in [6.07, 6.45) is -0.499. The molecule has 1 aromatic heterocycles. The minimum atomic E-state index is -0.551. The lowest BCUT2D eigenvalue weighted by Gasteiger charge is -2.10. The molecule has 2 heterocycles. The van der Waals surface area contributed by atoms with Crippen LogP contribution in [0.15, 0.2) is 0 Å². The second-order valence-electron chi connectivity index (χ2n) is 4.43. The zero-order valence-electron chi connectivity index (χ0n) is 11.0. The number of nitrogens with zero attached hydrogens (tertiary/aromatic N) is 5. The minimum Gasteiger partial charge on any atom is -0.441 e. The summed E-state index contributed by atoms with van der Waals surface area (Å²) in [5, 5.41) is 10.9. The molecule has 1 amide bonds. The van der Waals surface area contributed by atoms with Gasteiger partial charge in [-0.2, -0.15) is 0 Å². The monoisotopic (exact) mass is 269 g/mol. The Morgan fingerprint density at radius 1 is 1.53 bits per heavy atom. The van der Waals surface area contributed by atoms with Gasteiger partial charge in [-0.3, -0.25) is 0 Å². The van der Waals surface area contributed by atoms with Crippen molar-refractivity contribution < 1.29 is 14.5 Å². The Morgan fingerprint density at radius 3 is 2.63 bits per heavy atom. The number of amides is 1. The zero-order chi connectivity index (χ0) is 14.2. The molecule has 0 N–H and O–H groups in total. The van der Waals surface area contributed by atoms with Crippen LogP contribution in [0.5, 0.6) is 0 Å². The fourth-order valence-electron chi connectivity index (χ4n) is 1.60. The third-order valence-corrected chi connectivity index (χ3v) is 2.78. The van der Waals surface area contributed by atoms with Gasteiger partial charge in [0.2, 0.25) is 5.82 Å². The normalized spacial score (nSPS) is 13.3. The van der Waals surface area contributed by atoms with Crippen LogP contribution >= 0.6 is 0 Å². The summed E-state index contributed by atoms with van der Waals surface area (Å²) in [4.78, 5) is 28.9. The fraction of sp³-hybridized carbons (Fsp3) is 0.600. The maximum Gasteiger partial charge on any atom is 0.436 e. The standard InChI is InChI=1S/C10H15N5O4/c1-12(2)10(16)19-6-7-8(14-4-5-14)11-9(13(7)3)15(17)18/h4-6H2,1-3H3. The van der Waals surface area contributed by atoms with E-state index in [0.29, 0.717) is 11.5 Å². The van der Waals surface area contributed by atoms with E-state index in [2.05, 4.69) is 4.98 Å². The third kappa shape index (κ3) is 2.59. The Kier molecular flexibility index (Phi) is 3.28. The number of hydrogen-bond acceptors (Lipinski definition) is 6. The Labute approximate surface area is 109 Å². The SMILES string of the molecule is CN(C)C(=O)OCc1c(N2CC2)nc([N+](=O)[O-])n1C. The molecule has 19 heavy (non-hydrogen) atoms. The van der Waals surface area contributed by atoms with Crippen molar-refractivity contribution >= 4 is 17.9 Å². The first-order chi connectivity index (χ1) is 8.91. The molecule has 1 fully saturated rings. The van der Waals surface area contributed by atoms with E-state index in [1.54, 1.807) is 14.1 Å². The van der Waals surface area contributed by atoms with Crippen molar-refractivity contribution in [3.63, 3.8) is 0 Å². The van der Waals surface area contributed by atoms with E-state index >= 15 is 0 Å². The number of nitro groups is 1. The summed E-state index contributed by atoms with van der Waals surface area (Å²) < 4.78 is 6.40. The van der Waals surface area contributed by atoms with Gasteiger partial charge >= 0.3 is 12.0 Å². The maximum atomic E-state index is 11.4. The van der Waals surface area contributed by atoms with Crippen molar-refractivity contribution in [1.29, 1.82) is 0 Å². The molecule has 9 heteroatoms. The Balaban J connectivity index is 2.22. The average molecular weight is 269 g/mol. The van der Waals surface area contributed by atoms with Gasteiger partial charge in [0.1, 0.15) is 0 Å². The molecule has 0 bridgehead atoms. The van der Waals surface area contributed by atoms with E-state index in [1.807, 2.05) is 4.90 Å². The molecule has 0 unspecified atom stereocenters. The molecular formula is C10H15N5O4. The topological polar surface area (TPSA) is 93.5 Å². The molecular weight excluding hydrogens is 254 g/mol. The summed E-state index contributed by atoms with van der Waals surface area (Å²) >= 11 is 0. The first kappa shape index (κ1) is 13.1. The van der Waals surface area contributed by atoms with Gasteiger partial charge in [-0.1, -0.05) is 0 Å². The van der Waals surface area contributed by atoms with E-state index in [1.165, 1.54) is 16.5 Å². The van der Waals surface area contributed by atoms with Crippen molar-refractivity contribution in [3.8, 4) is 0 Å². The van der Waals surface area contributed by atoms with Crippen LogP contribution in [-0.4, -0.2) is 52.7 Å². The van der Waals surface area contributed by atoms with Crippen LogP contribution in [0.4, 0.5) is 16.6 Å². The Morgan fingerprint density at radius 2 is 2.16 bits per heavy atom. The number of imidazole rings is 1. The molecule has 0 atom stereocenters. The lowest BCUT2D eigenvalue weighted by atomic mass is 10.4. The van der Waals surface area contributed by atoms with Gasteiger partial charge in [-0.15, -0.1) is 0 Å². The van der Waals surface area contributed by atoms with E-state index < -0.39 is 11.0 Å². The summed E-state index contributed by atoms with van der Waals surface area (Å²) in [5.74, 6) is 0.263. The molecule has 0 saturated carbocycles. The van der Waals surface area contributed by atoms with Gasteiger partial charge in [0, 0.05) is 27.2 Å². The maximum absolute atomic E-state index is 11.4. The predicted octanol–water partition coefficient (Wildman–Crippen LogP) is 0.347. The van der Waals surface area contributed by atoms with Crippen LogP contribution in [0.25, 0.3) is 0 Å². The van der Waals surface area contributed by atoms with E-state index in [4.69, 9.17) is 4.74 Å². The number of carbonyl (C=O) groups excluding carboxylic acids is 1. The first-order valence-electron chi connectivity index (χ1n) is 5.70. The summed E-state index contributed by atoms with van der Waals surface area (Å²) in [5.41, 5.74) is 0.527. The van der Waals surface area contributed by atoms with Crippen molar-refractivity contribution in [2.24, 2.45) is 7.05 Å². The van der Waals surface area contributed by atoms with Gasteiger partial charge in [-0.25, -0.2) is 9.36 Å². The molecule has 0 radical (unpaired) electrons. The Bertz CT molecular complexity index is 520. The number of rotatable bonds is 4. The van der Waals surface area contributed by atoms with Gasteiger partial charge in [0.25, 0.3) is 0 Å². The zero-order valence-corrected chi connectivity index (χ0v) is 11.0. The largest absolute Gasteiger partial charge is 0.441 e. The molecule has 1 aliphatic heterocycles. The van der Waals surface area contributed by atoms with Gasteiger partial charge < -0.3 is 24.7 Å². The fourth-order valence-corrected chi connectivity index (χ4v) is 1.60. The highest BCUT2D eigenvalue weighted by Crippen LogP contribution is 2.29. The highest BCUT2D eigenvalue weighted by atomic mass is 16.6. The van der Waals surface area contributed by atoms with Crippen LogP contribution in [0.1, 0.15) is 5.69 Å². The van der Waals surface area contributed by atoms with Crippen LogP contribution in [0.3, 0.4) is 0 Å². The van der Waals surface area contributed by atoms with Gasteiger partial charge in [0.05, 0.1) is 7.05 Å². The summed E-state index contributed by atoms with van der Waals surface area (Å²) in [6.45, 7) is 1.58. The molecule has 0 aromatic carbocycles. The van der Waals surface area contributed by atoms with Gasteiger partial charge in [-0.05, 0) is 9.91 Å². The molecule has 0 spiro atoms. The van der Waals surface area contributed by atoms with Crippen molar-refractivity contribution in [1.82, 2.24) is 14.5 Å². The number of carbonyl (C=O) groups is 1. The Hall–Kier alpha value is -2.32. The second kappa shape index (κ2) is 4.75.